The summed E-state index contributed by atoms with van der Waals surface area (Å²) in [5, 5.41) is 13.1. The monoisotopic (exact) mass is 204 g/mol. The SMILES string of the molecule is O=Cc1nc(Cc2ccccc2O)no1. The van der Waals surface area contributed by atoms with Crippen LogP contribution in [0.5, 0.6) is 5.75 Å². The maximum Gasteiger partial charge on any atom is 0.290 e. The van der Waals surface area contributed by atoms with Crippen molar-refractivity contribution in [2.45, 2.75) is 6.42 Å². The number of benzene rings is 1. The standard InChI is InChI=1S/C10H8N2O3/c13-6-10-11-9(12-15-10)5-7-3-1-2-4-8(7)14/h1-4,6,14H,5H2. The molecular formula is C10H8N2O3. The van der Waals surface area contributed by atoms with Gasteiger partial charge in [0.25, 0.3) is 5.89 Å². The largest absolute Gasteiger partial charge is 0.508 e. The molecule has 0 aliphatic heterocycles. The normalized spacial score (nSPS) is 10.1. The fourth-order valence-corrected chi connectivity index (χ4v) is 1.22. The highest BCUT2D eigenvalue weighted by atomic mass is 16.5. The van der Waals surface area contributed by atoms with Gasteiger partial charge in [-0.3, -0.25) is 4.79 Å². The van der Waals surface area contributed by atoms with Gasteiger partial charge in [0, 0.05) is 12.0 Å². The van der Waals surface area contributed by atoms with Gasteiger partial charge in [-0.05, 0) is 6.07 Å². The van der Waals surface area contributed by atoms with Crippen LogP contribution in [0, 0.1) is 0 Å². The Labute approximate surface area is 85.4 Å². The number of phenolic OH excluding ortho intramolecular Hbond substituents is 1. The summed E-state index contributed by atoms with van der Waals surface area (Å²) >= 11 is 0. The number of nitrogens with zero attached hydrogens (tertiary/aromatic N) is 2. The molecule has 1 heterocycles. The van der Waals surface area contributed by atoms with Crippen LogP contribution in [0.15, 0.2) is 28.8 Å². The summed E-state index contributed by atoms with van der Waals surface area (Å²) in [6, 6.07) is 6.87. The summed E-state index contributed by atoms with van der Waals surface area (Å²) < 4.78 is 4.62. The molecule has 5 heteroatoms. The summed E-state index contributed by atoms with van der Waals surface area (Å²) in [6.45, 7) is 0. The van der Waals surface area contributed by atoms with Crippen molar-refractivity contribution < 1.29 is 14.4 Å². The van der Waals surface area contributed by atoms with Crippen molar-refractivity contribution in [2.24, 2.45) is 0 Å². The molecule has 0 radical (unpaired) electrons. The molecule has 0 spiro atoms. The van der Waals surface area contributed by atoms with Crippen LogP contribution in [0.1, 0.15) is 22.1 Å². The molecule has 0 saturated carbocycles. The molecule has 5 nitrogen and oxygen atoms in total. The Morgan fingerprint density at radius 3 is 2.87 bits per heavy atom. The zero-order chi connectivity index (χ0) is 10.7. The molecular weight excluding hydrogens is 196 g/mol. The zero-order valence-electron chi connectivity index (χ0n) is 7.75. The Hall–Kier alpha value is -2.17. The number of para-hydroxylation sites is 1. The average Bonchev–Trinajstić information content (AvgIpc) is 2.69. The van der Waals surface area contributed by atoms with E-state index in [1.54, 1.807) is 24.3 Å². The van der Waals surface area contributed by atoms with Gasteiger partial charge in [0.15, 0.2) is 5.82 Å². The number of carbonyl (C=O) groups is 1. The molecule has 0 amide bonds. The fourth-order valence-electron chi connectivity index (χ4n) is 1.22. The summed E-state index contributed by atoms with van der Waals surface area (Å²) in [4.78, 5) is 14.1. The van der Waals surface area contributed by atoms with Crippen LogP contribution < -0.4 is 0 Å². The molecule has 0 unspecified atom stereocenters. The fraction of sp³-hybridized carbons (Fsp3) is 0.100. The minimum atomic E-state index is -0.0552. The maximum atomic E-state index is 10.3. The summed E-state index contributed by atoms with van der Waals surface area (Å²) in [5.74, 6) is 0.494. The Morgan fingerprint density at radius 2 is 2.20 bits per heavy atom. The molecule has 1 N–H and O–H groups in total. The van der Waals surface area contributed by atoms with E-state index in [9.17, 15) is 9.90 Å². The van der Waals surface area contributed by atoms with Crippen LogP contribution in [0.4, 0.5) is 0 Å². The molecule has 0 atom stereocenters. The number of aromatic hydroxyl groups is 1. The molecule has 0 bridgehead atoms. The highest BCUT2D eigenvalue weighted by Crippen LogP contribution is 2.18. The van der Waals surface area contributed by atoms with E-state index < -0.39 is 0 Å². The van der Waals surface area contributed by atoms with E-state index in [0.29, 0.717) is 24.1 Å². The smallest absolute Gasteiger partial charge is 0.290 e. The van der Waals surface area contributed by atoms with Gasteiger partial charge in [0.05, 0.1) is 0 Å². The third kappa shape index (κ3) is 2.01. The molecule has 2 rings (SSSR count). The Balaban J connectivity index is 2.22. The quantitative estimate of drug-likeness (QED) is 0.759. The molecule has 1 aromatic heterocycles. The third-order valence-electron chi connectivity index (χ3n) is 1.92. The predicted molar refractivity (Wildman–Crippen MR) is 50.6 cm³/mol. The average molecular weight is 204 g/mol. The van der Waals surface area contributed by atoms with Crippen LogP contribution in [0.2, 0.25) is 0 Å². The molecule has 0 fully saturated rings. The van der Waals surface area contributed by atoms with Crippen LogP contribution in [-0.2, 0) is 6.42 Å². The van der Waals surface area contributed by atoms with Gasteiger partial charge in [-0.15, -0.1) is 0 Å². The van der Waals surface area contributed by atoms with Crippen molar-refractivity contribution in [3.63, 3.8) is 0 Å². The van der Waals surface area contributed by atoms with Crippen LogP contribution >= 0.6 is 0 Å². The Bertz CT molecular complexity index is 479. The van der Waals surface area contributed by atoms with Crippen molar-refractivity contribution in [3.05, 3.63) is 41.5 Å². The molecule has 1 aromatic carbocycles. The van der Waals surface area contributed by atoms with E-state index in [2.05, 4.69) is 14.7 Å². The maximum absolute atomic E-state index is 10.3. The summed E-state index contributed by atoms with van der Waals surface area (Å²) in [6.07, 6.45) is 0.825. The highest BCUT2D eigenvalue weighted by Gasteiger charge is 2.08. The van der Waals surface area contributed by atoms with Crippen molar-refractivity contribution in [1.82, 2.24) is 10.1 Å². The number of rotatable bonds is 3. The van der Waals surface area contributed by atoms with Gasteiger partial charge in [-0.1, -0.05) is 23.4 Å². The second kappa shape index (κ2) is 3.91. The number of aromatic nitrogens is 2. The van der Waals surface area contributed by atoms with Gasteiger partial charge < -0.3 is 9.63 Å². The Kier molecular flexibility index (Phi) is 2.45. The number of carbonyl (C=O) groups excluding carboxylic acids is 1. The first-order valence-corrected chi connectivity index (χ1v) is 4.34. The highest BCUT2D eigenvalue weighted by molar-refractivity contribution is 5.66. The van der Waals surface area contributed by atoms with Gasteiger partial charge in [-0.25, -0.2) is 0 Å². The molecule has 0 aliphatic carbocycles. The molecule has 2 aromatic rings. The lowest BCUT2D eigenvalue weighted by molar-refractivity contribution is 0.108. The van der Waals surface area contributed by atoms with E-state index >= 15 is 0 Å². The molecule has 15 heavy (non-hydrogen) atoms. The van der Waals surface area contributed by atoms with E-state index in [-0.39, 0.29) is 11.6 Å². The second-order valence-electron chi connectivity index (χ2n) is 2.97. The number of hydrogen-bond donors (Lipinski definition) is 1. The molecule has 0 saturated heterocycles. The van der Waals surface area contributed by atoms with Gasteiger partial charge in [0.1, 0.15) is 5.75 Å². The lowest BCUT2D eigenvalue weighted by atomic mass is 10.1. The topological polar surface area (TPSA) is 76.2 Å². The predicted octanol–water partition coefficient (Wildman–Crippen LogP) is 1.18. The van der Waals surface area contributed by atoms with Crippen molar-refractivity contribution >= 4 is 6.29 Å². The van der Waals surface area contributed by atoms with Crippen LogP contribution in [0.25, 0.3) is 0 Å². The lowest BCUT2D eigenvalue weighted by Crippen LogP contribution is -1.91. The zero-order valence-corrected chi connectivity index (χ0v) is 7.75. The first-order chi connectivity index (χ1) is 7.29. The lowest BCUT2D eigenvalue weighted by Gasteiger charge is -1.99. The van der Waals surface area contributed by atoms with Crippen molar-refractivity contribution in [1.29, 1.82) is 0 Å². The summed E-state index contributed by atoms with van der Waals surface area (Å²) in [7, 11) is 0. The first-order valence-electron chi connectivity index (χ1n) is 4.34. The van der Waals surface area contributed by atoms with Gasteiger partial charge in [0.2, 0.25) is 6.29 Å². The summed E-state index contributed by atoms with van der Waals surface area (Å²) in [5.41, 5.74) is 0.691. The van der Waals surface area contributed by atoms with Crippen molar-refractivity contribution in [2.75, 3.05) is 0 Å². The van der Waals surface area contributed by atoms with Crippen molar-refractivity contribution in [3.8, 4) is 5.75 Å². The van der Waals surface area contributed by atoms with Crippen LogP contribution in [-0.4, -0.2) is 21.5 Å². The molecule has 0 aliphatic rings. The van der Waals surface area contributed by atoms with E-state index in [4.69, 9.17) is 0 Å². The van der Waals surface area contributed by atoms with Gasteiger partial charge in [-0.2, -0.15) is 4.98 Å². The molecule has 76 valence electrons. The van der Waals surface area contributed by atoms with Crippen LogP contribution in [0.3, 0.4) is 0 Å². The van der Waals surface area contributed by atoms with E-state index in [1.807, 2.05) is 0 Å². The number of phenols is 1. The van der Waals surface area contributed by atoms with Gasteiger partial charge >= 0.3 is 0 Å². The van der Waals surface area contributed by atoms with E-state index in [1.165, 1.54) is 0 Å². The Morgan fingerprint density at radius 1 is 1.40 bits per heavy atom. The first kappa shape index (κ1) is 9.39. The second-order valence-corrected chi connectivity index (χ2v) is 2.97. The number of aldehydes is 1. The minimum Gasteiger partial charge on any atom is -0.508 e. The number of hydrogen-bond acceptors (Lipinski definition) is 5. The third-order valence-corrected chi connectivity index (χ3v) is 1.92. The minimum absolute atomic E-state index is 0.0552. The van der Waals surface area contributed by atoms with E-state index in [0.717, 1.165) is 0 Å².